The summed E-state index contributed by atoms with van der Waals surface area (Å²) >= 11 is 0. The van der Waals surface area contributed by atoms with E-state index in [0.29, 0.717) is 6.04 Å². The summed E-state index contributed by atoms with van der Waals surface area (Å²) < 4.78 is 0. The van der Waals surface area contributed by atoms with E-state index >= 15 is 0 Å². The highest BCUT2D eigenvalue weighted by molar-refractivity contribution is 5.21. The maximum absolute atomic E-state index is 2.64. The van der Waals surface area contributed by atoms with Gasteiger partial charge in [0.25, 0.3) is 0 Å². The topological polar surface area (TPSA) is 3.24 Å². The van der Waals surface area contributed by atoms with Gasteiger partial charge in [-0.3, -0.25) is 0 Å². The van der Waals surface area contributed by atoms with Crippen LogP contribution in [0.5, 0.6) is 0 Å². The molecule has 0 aromatic heterocycles. The Hall–Kier alpha value is -0.820. The quantitative estimate of drug-likeness (QED) is 0.763. The van der Waals surface area contributed by atoms with Crippen LogP contribution in [0.2, 0.25) is 0 Å². The van der Waals surface area contributed by atoms with Crippen LogP contribution in [0.4, 0.5) is 0 Å². The fraction of sp³-hybridized carbons (Fsp3) is 0.647. The van der Waals surface area contributed by atoms with Gasteiger partial charge in [-0.25, -0.2) is 0 Å². The van der Waals surface area contributed by atoms with Gasteiger partial charge in [-0.2, -0.15) is 0 Å². The number of hydrogen-bond acceptors (Lipinski definition) is 1. The van der Waals surface area contributed by atoms with Crippen molar-refractivity contribution in [2.75, 3.05) is 13.1 Å². The lowest BCUT2D eigenvalue weighted by atomic mass is 10.0. The van der Waals surface area contributed by atoms with E-state index in [1.807, 2.05) is 13.8 Å². The first-order valence-corrected chi connectivity index (χ1v) is 7.55. The molecule has 1 aromatic rings. The minimum Gasteiger partial charge on any atom is -0.300 e. The van der Waals surface area contributed by atoms with Crippen molar-refractivity contribution in [1.82, 2.24) is 4.90 Å². The zero-order valence-corrected chi connectivity index (χ0v) is 12.6. The molecule has 0 saturated carbocycles. The Morgan fingerprint density at radius 2 is 1.56 bits per heavy atom. The van der Waals surface area contributed by atoms with Crippen LogP contribution in [-0.2, 0) is 6.42 Å². The van der Waals surface area contributed by atoms with Gasteiger partial charge >= 0.3 is 0 Å². The van der Waals surface area contributed by atoms with Gasteiger partial charge in [0, 0.05) is 6.04 Å². The second-order valence-electron chi connectivity index (χ2n) is 5.14. The molecule has 1 heteroatoms. The smallest absolute Gasteiger partial charge is 0.0107 e. The molecule has 102 valence electrons. The molecule has 0 amide bonds. The Labute approximate surface area is 113 Å². The number of likely N-dealkylation sites (tertiary alicyclic amines) is 1. The monoisotopic (exact) mass is 247 g/mol. The number of aryl methyl sites for hydroxylation is 1. The highest BCUT2D eigenvalue weighted by atomic mass is 15.1. The predicted molar refractivity (Wildman–Crippen MR) is 81.1 cm³/mol. The van der Waals surface area contributed by atoms with Gasteiger partial charge in [0.05, 0.1) is 0 Å². The number of rotatable bonds is 3. The molecular formula is C17H29N. The average Bonchev–Trinajstić information content (AvgIpc) is 2.44. The van der Waals surface area contributed by atoms with Crippen LogP contribution in [0.1, 0.15) is 51.2 Å². The van der Waals surface area contributed by atoms with E-state index in [-0.39, 0.29) is 0 Å². The average molecular weight is 247 g/mol. The summed E-state index contributed by atoms with van der Waals surface area (Å²) in [6, 6.07) is 9.69. The SMILES string of the molecule is CC.Cc1ccc(CC(C)N2CCCCC2)cc1. The van der Waals surface area contributed by atoms with Crippen LogP contribution < -0.4 is 0 Å². The Kier molecular flexibility index (Phi) is 7.04. The molecule has 1 saturated heterocycles. The van der Waals surface area contributed by atoms with Crippen molar-refractivity contribution in [1.29, 1.82) is 0 Å². The van der Waals surface area contributed by atoms with Crippen molar-refractivity contribution < 1.29 is 0 Å². The van der Waals surface area contributed by atoms with Crippen LogP contribution in [0.3, 0.4) is 0 Å². The minimum absolute atomic E-state index is 0.697. The first-order valence-electron chi connectivity index (χ1n) is 7.55. The summed E-state index contributed by atoms with van der Waals surface area (Å²) in [6.45, 7) is 11.1. The van der Waals surface area contributed by atoms with E-state index < -0.39 is 0 Å². The summed E-state index contributed by atoms with van der Waals surface area (Å²) in [5.41, 5.74) is 2.83. The molecule has 0 spiro atoms. The molecule has 0 aliphatic carbocycles. The molecule has 1 heterocycles. The summed E-state index contributed by atoms with van der Waals surface area (Å²) in [5.74, 6) is 0. The van der Waals surface area contributed by atoms with Gasteiger partial charge < -0.3 is 4.90 Å². The second-order valence-corrected chi connectivity index (χ2v) is 5.14. The van der Waals surface area contributed by atoms with Crippen LogP contribution in [0.15, 0.2) is 24.3 Å². The van der Waals surface area contributed by atoms with Gasteiger partial charge in [0.2, 0.25) is 0 Å². The van der Waals surface area contributed by atoms with E-state index in [4.69, 9.17) is 0 Å². The highest BCUT2D eigenvalue weighted by Gasteiger charge is 2.16. The molecule has 1 unspecified atom stereocenters. The number of nitrogens with zero attached hydrogens (tertiary/aromatic N) is 1. The molecule has 1 aromatic carbocycles. The summed E-state index contributed by atoms with van der Waals surface area (Å²) in [7, 11) is 0. The standard InChI is InChI=1S/C15H23N.C2H6/c1-13-6-8-15(9-7-13)12-14(2)16-10-4-3-5-11-16;1-2/h6-9,14H,3-5,10-12H2,1-2H3;1-2H3. The van der Waals surface area contributed by atoms with Crippen molar-refractivity contribution in [2.45, 2.75) is 59.4 Å². The van der Waals surface area contributed by atoms with Crippen LogP contribution in [-0.4, -0.2) is 24.0 Å². The maximum Gasteiger partial charge on any atom is 0.0107 e. The van der Waals surface area contributed by atoms with Gasteiger partial charge in [-0.05, 0) is 51.8 Å². The second kappa shape index (κ2) is 8.31. The zero-order chi connectivity index (χ0) is 13.4. The molecule has 1 fully saturated rings. The van der Waals surface area contributed by atoms with E-state index in [1.165, 1.54) is 49.9 Å². The lowest BCUT2D eigenvalue weighted by Crippen LogP contribution is -2.38. The zero-order valence-electron chi connectivity index (χ0n) is 12.6. The van der Waals surface area contributed by atoms with Crippen molar-refractivity contribution in [3.63, 3.8) is 0 Å². The molecule has 1 atom stereocenters. The highest BCUT2D eigenvalue weighted by Crippen LogP contribution is 2.15. The van der Waals surface area contributed by atoms with Crippen LogP contribution in [0.25, 0.3) is 0 Å². The molecule has 0 N–H and O–H groups in total. The van der Waals surface area contributed by atoms with Crippen molar-refractivity contribution in [3.05, 3.63) is 35.4 Å². The first-order chi connectivity index (χ1) is 8.75. The fourth-order valence-corrected chi connectivity index (χ4v) is 2.55. The summed E-state index contributed by atoms with van der Waals surface area (Å²) in [6.07, 6.45) is 5.39. The Balaban J connectivity index is 0.000000771. The Morgan fingerprint density at radius 1 is 1.00 bits per heavy atom. The number of benzene rings is 1. The Morgan fingerprint density at radius 3 is 2.11 bits per heavy atom. The largest absolute Gasteiger partial charge is 0.300 e. The summed E-state index contributed by atoms with van der Waals surface area (Å²) in [5, 5.41) is 0. The normalized spacial score (nSPS) is 17.8. The van der Waals surface area contributed by atoms with Gasteiger partial charge in [0.1, 0.15) is 0 Å². The minimum atomic E-state index is 0.697. The van der Waals surface area contributed by atoms with Crippen LogP contribution >= 0.6 is 0 Å². The molecular weight excluding hydrogens is 218 g/mol. The molecule has 18 heavy (non-hydrogen) atoms. The lowest BCUT2D eigenvalue weighted by Gasteiger charge is -2.32. The lowest BCUT2D eigenvalue weighted by molar-refractivity contribution is 0.173. The Bertz CT molecular complexity index is 309. The number of piperidine rings is 1. The van der Waals surface area contributed by atoms with E-state index in [9.17, 15) is 0 Å². The molecule has 1 aliphatic heterocycles. The third-order valence-corrected chi connectivity index (χ3v) is 3.67. The van der Waals surface area contributed by atoms with Crippen LogP contribution in [0, 0.1) is 6.92 Å². The van der Waals surface area contributed by atoms with E-state index in [1.54, 1.807) is 0 Å². The van der Waals surface area contributed by atoms with Gasteiger partial charge in [-0.1, -0.05) is 50.1 Å². The fourth-order valence-electron chi connectivity index (χ4n) is 2.55. The van der Waals surface area contributed by atoms with Gasteiger partial charge in [-0.15, -0.1) is 0 Å². The summed E-state index contributed by atoms with van der Waals surface area (Å²) in [4.78, 5) is 2.64. The molecule has 2 rings (SSSR count). The number of hydrogen-bond donors (Lipinski definition) is 0. The van der Waals surface area contributed by atoms with Gasteiger partial charge in [0.15, 0.2) is 0 Å². The molecule has 1 aliphatic rings. The first kappa shape index (κ1) is 15.2. The molecule has 0 bridgehead atoms. The molecule has 1 nitrogen and oxygen atoms in total. The van der Waals surface area contributed by atoms with Crippen molar-refractivity contribution in [3.8, 4) is 0 Å². The third kappa shape index (κ3) is 4.81. The third-order valence-electron chi connectivity index (χ3n) is 3.67. The predicted octanol–water partition coefficient (Wildman–Crippen LogP) is 4.44. The molecule has 0 radical (unpaired) electrons. The van der Waals surface area contributed by atoms with E-state index in [2.05, 4.69) is 43.0 Å². The van der Waals surface area contributed by atoms with E-state index in [0.717, 1.165) is 0 Å². The van der Waals surface area contributed by atoms with Crippen molar-refractivity contribution >= 4 is 0 Å². The maximum atomic E-state index is 2.64. The van der Waals surface area contributed by atoms with Crippen molar-refractivity contribution in [2.24, 2.45) is 0 Å².